The Labute approximate surface area is 233 Å². The first kappa shape index (κ1) is 26.9. The van der Waals surface area contributed by atoms with Crippen LogP contribution in [0.3, 0.4) is 0 Å². The summed E-state index contributed by atoms with van der Waals surface area (Å²) < 4.78 is 3.53. The molecule has 2 amide bonds. The van der Waals surface area contributed by atoms with Gasteiger partial charge in [0.25, 0.3) is 0 Å². The van der Waals surface area contributed by atoms with Crippen LogP contribution < -0.4 is 10.6 Å². The van der Waals surface area contributed by atoms with E-state index >= 15 is 0 Å². The van der Waals surface area contributed by atoms with Crippen molar-refractivity contribution in [3.63, 3.8) is 0 Å². The molecule has 3 heterocycles. The molecule has 5 rings (SSSR count). The second-order valence-electron chi connectivity index (χ2n) is 10.4. The van der Waals surface area contributed by atoms with Crippen LogP contribution in [0.1, 0.15) is 39.0 Å². The number of carbonyl (C=O) groups is 1. The van der Waals surface area contributed by atoms with Crippen molar-refractivity contribution in [2.24, 2.45) is 0 Å². The predicted octanol–water partition coefficient (Wildman–Crippen LogP) is 6.18. The average Bonchev–Trinajstić information content (AvgIpc) is 3.22. The lowest BCUT2D eigenvalue weighted by atomic mass is 10.0. The van der Waals surface area contributed by atoms with Crippen molar-refractivity contribution in [3.05, 3.63) is 69.6 Å². The summed E-state index contributed by atoms with van der Waals surface area (Å²) in [6.45, 7) is 10.5. The van der Waals surface area contributed by atoms with Gasteiger partial charge in [-0.15, -0.1) is 0 Å². The van der Waals surface area contributed by atoms with Gasteiger partial charge in [-0.25, -0.2) is 9.59 Å². The van der Waals surface area contributed by atoms with Crippen molar-refractivity contribution in [1.29, 1.82) is 0 Å². The van der Waals surface area contributed by atoms with Crippen LogP contribution in [0, 0.1) is 0 Å². The minimum absolute atomic E-state index is 0.0495. The maximum Gasteiger partial charge on any atom is 0.333 e. The van der Waals surface area contributed by atoms with Gasteiger partial charge in [0, 0.05) is 56.7 Å². The fraction of sp³-hybridized carbons (Fsp3) is 0.448. The Kier molecular flexibility index (Phi) is 8.17. The molecule has 2 saturated heterocycles. The summed E-state index contributed by atoms with van der Waals surface area (Å²) in [5.74, 6) is 0. The fourth-order valence-electron chi connectivity index (χ4n) is 5.79. The van der Waals surface area contributed by atoms with Crippen molar-refractivity contribution in [2.45, 2.75) is 51.6 Å². The van der Waals surface area contributed by atoms with E-state index in [1.807, 2.05) is 57.7 Å². The molecule has 0 aliphatic carbocycles. The lowest BCUT2D eigenvalue weighted by molar-refractivity contribution is 0.175. The zero-order chi connectivity index (χ0) is 26.8. The van der Waals surface area contributed by atoms with Gasteiger partial charge in [-0.2, -0.15) is 0 Å². The molecule has 38 heavy (non-hydrogen) atoms. The van der Waals surface area contributed by atoms with Gasteiger partial charge in [-0.3, -0.25) is 14.0 Å². The topological polar surface area (TPSA) is 53.7 Å². The van der Waals surface area contributed by atoms with Crippen molar-refractivity contribution in [2.75, 3.05) is 37.6 Å². The Morgan fingerprint density at radius 2 is 1.63 bits per heavy atom. The Morgan fingerprint density at radius 1 is 0.947 bits per heavy atom. The van der Waals surface area contributed by atoms with E-state index in [0.29, 0.717) is 22.3 Å². The number of imidazole rings is 1. The first-order valence-corrected chi connectivity index (χ1v) is 14.2. The SMILES string of the molecule is C=C(C)n1c(=O)n(CCN2CCC(N(C(=O)N3CCCCC3)c3ccc(Cl)c(Cl)c3)CC2)c2ccccc21. The molecule has 3 aromatic rings. The number of nitrogens with zero attached hydrogens (tertiary/aromatic N) is 5. The van der Waals surface area contributed by atoms with E-state index in [-0.39, 0.29) is 17.8 Å². The number of halogens is 2. The number of urea groups is 1. The van der Waals surface area contributed by atoms with E-state index in [1.54, 1.807) is 10.6 Å². The highest BCUT2D eigenvalue weighted by atomic mass is 35.5. The number of para-hydroxylation sites is 2. The van der Waals surface area contributed by atoms with Crippen LogP contribution in [0.15, 0.2) is 53.8 Å². The minimum atomic E-state index is -0.0495. The number of fused-ring (bicyclic) bond motifs is 1. The van der Waals surface area contributed by atoms with Crippen LogP contribution in [0.25, 0.3) is 16.7 Å². The summed E-state index contributed by atoms with van der Waals surface area (Å²) in [7, 11) is 0. The van der Waals surface area contributed by atoms with Gasteiger partial charge in [-0.1, -0.05) is 41.9 Å². The van der Waals surface area contributed by atoms with Crippen LogP contribution in [-0.4, -0.2) is 63.7 Å². The molecule has 202 valence electrons. The van der Waals surface area contributed by atoms with E-state index in [2.05, 4.69) is 11.5 Å². The third-order valence-electron chi connectivity index (χ3n) is 7.79. The minimum Gasteiger partial charge on any atom is -0.324 e. The fourth-order valence-corrected chi connectivity index (χ4v) is 6.08. The molecule has 0 unspecified atom stereocenters. The van der Waals surface area contributed by atoms with E-state index < -0.39 is 0 Å². The second kappa shape index (κ2) is 11.6. The second-order valence-corrected chi connectivity index (χ2v) is 11.2. The van der Waals surface area contributed by atoms with E-state index in [0.717, 1.165) is 75.1 Å². The van der Waals surface area contributed by atoms with Crippen molar-refractivity contribution < 1.29 is 4.79 Å². The van der Waals surface area contributed by atoms with Crippen LogP contribution in [0.4, 0.5) is 10.5 Å². The first-order valence-electron chi connectivity index (χ1n) is 13.5. The zero-order valence-electron chi connectivity index (χ0n) is 21.9. The quantitative estimate of drug-likeness (QED) is 0.365. The number of likely N-dealkylation sites (tertiary alicyclic amines) is 2. The highest BCUT2D eigenvalue weighted by Gasteiger charge is 2.33. The molecule has 2 aliphatic rings. The summed E-state index contributed by atoms with van der Waals surface area (Å²) in [6.07, 6.45) is 4.95. The average molecular weight is 557 g/mol. The van der Waals surface area contributed by atoms with E-state index in [9.17, 15) is 9.59 Å². The monoisotopic (exact) mass is 555 g/mol. The smallest absolute Gasteiger partial charge is 0.324 e. The number of allylic oxidation sites excluding steroid dienone is 1. The third kappa shape index (κ3) is 5.37. The predicted molar refractivity (Wildman–Crippen MR) is 156 cm³/mol. The standard InChI is InChI=1S/C29H35Cl2N5O2/c1-21(2)35-27-9-5-4-8-26(27)34(29(35)38)19-18-32-16-12-22(13-17-32)36(23-10-11-24(30)25(31)20-23)28(37)33-14-6-3-7-15-33/h4-5,8-11,20,22H,1,3,6-7,12-19H2,2H3. The number of hydrogen-bond donors (Lipinski definition) is 0. The summed E-state index contributed by atoms with van der Waals surface area (Å²) >= 11 is 12.5. The number of amides is 2. The van der Waals surface area contributed by atoms with Gasteiger partial charge in [0.15, 0.2) is 0 Å². The molecule has 1 aromatic heterocycles. The molecule has 9 heteroatoms. The molecule has 0 saturated carbocycles. The number of hydrogen-bond acceptors (Lipinski definition) is 3. The molecule has 0 radical (unpaired) electrons. The molecular formula is C29H35Cl2N5O2. The van der Waals surface area contributed by atoms with Gasteiger partial charge >= 0.3 is 11.7 Å². The van der Waals surface area contributed by atoms with Crippen molar-refractivity contribution >= 4 is 51.7 Å². The maximum absolute atomic E-state index is 13.7. The molecular weight excluding hydrogens is 521 g/mol. The van der Waals surface area contributed by atoms with Gasteiger partial charge in [0.2, 0.25) is 0 Å². The highest BCUT2D eigenvalue weighted by Crippen LogP contribution is 2.32. The maximum atomic E-state index is 13.7. The molecule has 0 N–H and O–H groups in total. The zero-order valence-corrected chi connectivity index (χ0v) is 23.4. The molecule has 0 spiro atoms. The van der Waals surface area contributed by atoms with Crippen LogP contribution in [0.5, 0.6) is 0 Å². The molecule has 7 nitrogen and oxygen atoms in total. The molecule has 0 bridgehead atoms. The lowest BCUT2D eigenvalue weighted by Crippen LogP contribution is -2.53. The molecule has 2 fully saturated rings. The number of carbonyl (C=O) groups excluding carboxylic acids is 1. The summed E-state index contributed by atoms with van der Waals surface area (Å²) in [6, 6.07) is 13.5. The van der Waals surface area contributed by atoms with Gasteiger partial charge < -0.3 is 9.80 Å². The van der Waals surface area contributed by atoms with Gasteiger partial charge in [0.1, 0.15) is 0 Å². The summed E-state index contributed by atoms with van der Waals surface area (Å²) in [4.78, 5) is 33.2. The Hall–Kier alpha value is -2.74. The van der Waals surface area contributed by atoms with Gasteiger partial charge in [0.05, 0.1) is 21.1 Å². The van der Waals surface area contributed by atoms with Crippen molar-refractivity contribution in [1.82, 2.24) is 18.9 Å². The number of benzene rings is 2. The Balaban J connectivity index is 1.30. The molecule has 0 atom stereocenters. The largest absolute Gasteiger partial charge is 0.333 e. The van der Waals surface area contributed by atoms with Crippen LogP contribution in [0.2, 0.25) is 10.0 Å². The number of aromatic nitrogens is 2. The van der Waals surface area contributed by atoms with Crippen molar-refractivity contribution in [3.8, 4) is 0 Å². The number of anilines is 1. The van der Waals surface area contributed by atoms with Crippen LogP contribution in [-0.2, 0) is 6.54 Å². The number of piperidine rings is 2. The van der Waals surface area contributed by atoms with Gasteiger partial charge in [-0.05, 0) is 69.4 Å². The summed E-state index contributed by atoms with van der Waals surface area (Å²) in [5.41, 5.74) is 3.27. The molecule has 2 aromatic carbocycles. The van der Waals surface area contributed by atoms with E-state index in [1.165, 1.54) is 6.42 Å². The van der Waals surface area contributed by atoms with E-state index in [4.69, 9.17) is 23.2 Å². The highest BCUT2D eigenvalue weighted by molar-refractivity contribution is 6.42. The number of rotatable bonds is 6. The van der Waals surface area contributed by atoms with Crippen LogP contribution >= 0.6 is 23.2 Å². The lowest BCUT2D eigenvalue weighted by Gasteiger charge is -2.41. The summed E-state index contributed by atoms with van der Waals surface area (Å²) in [5, 5.41) is 0.941. The third-order valence-corrected chi connectivity index (χ3v) is 8.53. The normalized spacial score (nSPS) is 17.2. The molecule has 2 aliphatic heterocycles. The Bertz CT molecular complexity index is 1380. The first-order chi connectivity index (χ1) is 18.3. The Morgan fingerprint density at radius 3 is 2.29 bits per heavy atom.